The van der Waals surface area contributed by atoms with Gasteiger partial charge in [-0.25, -0.2) is 4.39 Å². The van der Waals surface area contributed by atoms with Gasteiger partial charge in [-0.3, -0.25) is 4.90 Å². The highest BCUT2D eigenvalue weighted by atomic mass is 19.1. The predicted molar refractivity (Wildman–Crippen MR) is 72.8 cm³/mol. The molecule has 18 heavy (non-hydrogen) atoms. The molecule has 0 spiro atoms. The zero-order chi connectivity index (χ0) is 13.1. The molecule has 100 valence electrons. The summed E-state index contributed by atoms with van der Waals surface area (Å²) in [5.41, 5.74) is 7.09. The van der Waals surface area contributed by atoms with Gasteiger partial charge in [0.1, 0.15) is 5.82 Å². The number of likely N-dealkylation sites (tertiary alicyclic amines) is 1. The van der Waals surface area contributed by atoms with Crippen molar-refractivity contribution in [3.8, 4) is 0 Å². The van der Waals surface area contributed by atoms with Crippen LogP contribution in [0.2, 0.25) is 0 Å². The second-order valence-corrected chi connectivity index (χ2v) is 5.39. The van der Waals surface area contributed by atoms with Gasteiger partial charge in [0.15, 0.2) is 0 Å². The SMILES string of the molecule is CC1CCCN(C(C)c2ccc(F)cc2)C1CN. The number of benzene rings is 1. The van der Waals surface area contributed by atoms with Gasteiger partial charge in [0, 0.05) is 18.6 Å². The van der Waals surface area contributed by atoms with Crippen LogP contribution in [0.5, 0.6) is 0 Å². The molecule has 1 heterocycles. The molecule has 2 nitrogen and oxygen atoms in total. The molecule has 1 aromatic carbocycles. The minimum Gasteiger partial charge on any atom is -0.329 e. The Morgan fingerprint density at radius 2 is 2.06 bits per heavy atom. The van der Waals surface area contributed by atoms with E-state index in [1.807, 2.05) is 12.1 Å². The van der Waals surface area contributed by atoms with Crippen LogP contribution in [0, 0.1) is 11.7 Å². The van der Waals surface area contributed by atoms with Crippen molar-refractivity contribution >= 4 is 0 Å². The Hall–Kier alpha value is -0.930. The third-order valence-electron chi connectivity index (χ3n) is 4.25. The third kappa shape index (κ3) is 2.73. The van der Waals surface area contributed by atoms with Crippen molar-refractivity contribution in [2.24, 2.45) is 11.7 Å². The van der Waals surface area contributed by atoms with Crippen LogP contribution >= 0.6 is 0 Å². The highest BCUT2D eigenvalue weighted by Crippen LogP contribution is 2.30. The molecule has 2 rings (SSSR count). The van der Waals surface area contributed by atoms with Crippen LogP contribution in [-0.4, -0.2) is 24.0 Å². The van der Waals surface area contributed by atoms with Gasteiger partial charge in [-0.2, -0.15) is 0 Å². The highest BCUT2D eigenvalue weighted by Gasteiger charge is 2.30. The molecule has 0 aromatic heterocycles. The predicted octanol–water partition coefficient (Wildman–Crippen LogP) is 2.95. The van der Waals surface area contributed by atoms with Crippen molar-refractivity contribution in [1.82, 2.24) is 4.90 Å². The zero-order valence-electron chi connectivity index (χ0n) is 11.3. The maximum absolute atomic E-state index is 13.0. The van der Waals surface area contributed by atoms with Gasteiger partial charge >= 0.3 is 0 Å². The highest BCUT2D eigenvalue weighted by molar-refractivity contribution is 5.20. The first-order valence-electron chi connectivity index (χ1n) is 6.84. The summed E-state index contributed by atoms with van der Waals surface area (Å²) in [7, 11) is 0. The average molecular weight is 250 g/mol. The van der Waals surface area contributed by atoms with Crippen LogP contribution in [0.4, 0.5) is 4.39 Å². The Morgan fingerprint density at radius 1 is 1.39 bits per heavy atom. The van der Waals surface area contributed by atoms with Gasteiger partial charge in [-0.15, -0.1) is 0 Å². The van der Waals surface area contributed by atoms with Crippen molar-refractivity contribution in [2.75, 3.05) is 13.1 Å². The van der Waals surface area contributed by atoms with E-state index >= 15 is 0 Å². The van der Waals surface area contributed by atoms with Gasteiger partial charge in [0.2, 0.25) is 0 Å². The second-order valence-electron chi connectivity index (χ2n) is 5.39. The smallest absolute Gasteiger partial charge is 0.123 e. The Kier molecular flexibility index (Phi) is 4.36. The average Bonchev–Trinajstić information content (AvgIpc) is 2.38. The van der Waals surface area contributed by atoms with Crippen LogP contribution in [0.1, 0.15) is 38.3 Å². The van der Waals surface area contributed by atoms with E-state index < -0.39 is 0 Å². The maximum atomic E-state index is 13.0. The molecule has 1 saturated heterocycles. The van der Waals surface area contributed by atoms with Gasteiger partial charge in [-0.1, -0.05) is 19.1 Å². The van der Waals surface area contributed by atoms with E-state index in [1.54, 1.807) is 0 Å². The Labute approximate surface area is 109 Å². The summed E-state index contributed by atoms with van der Waals surface area (Å²) in [4.78, 5) is 2.47. The first-order valence-corrected chi connectivity index (χ1v) is 6.84. The third-order valence-corrected chi connectivity index (χ3v) is 4.25. The fourth-order valence-electron chi connectivity index (χ4n) is 3.06. The monoisotopic (exact) mass is 250 g/mol. The summed E-state index contributed by atoms with van der Waals surface area (Å²) < 4.78 is 13.0. The Balaban J connectivity index is 2.15. The molecule has 3 unspecified atom stereocenters. The molecule has 1 aliphatic rings. The number of piperidine rings is 1. The first-order chi connectivity index (χ1) is 8.63. The van der Waals surface area contributed by atoms with Crippen LogP contribution in [-0.2, 0) is 0 Å². The molecule has 0 amide bonds. The van der Waals surface area contributed by atoms with Crippen LogP contribution in [0.25, 0.3) is 0 Å². The van der Waals surface area contributed by atoms with Crippen molar-refractivity contribution < 1.29 is 4.39 Å². The standard InChI is InChI=1S/C15H23FN2/c1-11-4-3-9-18(15(11)10-17)12(2)13-5-7-14(16)8-6-13/h5-8,11-12,15H,3-4,9-10,17H2,1-2H3. The normalized spacial score (nSPS) is 27.1. The molecular weight excluding hydrogens is 227 g/mol. The van der Waals surface area contributed by atoms with E-state index in [0.29, 0.717) is 24.5 Å². The lowest BCUT2D eigenvalue weighted by molar-refractivity contribution is 0.0689. The lowest BCUT2D eigenvalue weighted by Gasteiger charge is -2.43. The first kappa shape index (κ1) is 13.5. The molecule has 1 aliphatic heterocycles. The Morgan fingerprint density at radius 3 is 2.67 bits per heavy atom. The number of rotatable bonds is 3. The summed E-state index contributed by atoms with van der Waals surface area (Å²) in [6.07, 6.45) is 2.48. The largest absolute Gasteiger partial charge is 0.329 e. The van der Waals surface area contributed by atoms with Crippen LogP contribution in [0.3, 0.4) is 0 Å². The van der Waals surface area contributed by atoms with E-state index in [-0.39, 0.29) is 5.82 Å². The molecule has 0 saturated carbocycles. The number of hydrogen-bond donors (Lipinski definition) is 1. The summed E-state index contributed by atoms with van der Waals surface area (Å²) >= 11 is 0. The summed E-state index contributed by atoms with van der Waals surface area (Å²) in [5, 5.41) is 0. The fourth-order valence-corrected chi connectivity index (χ4v) is 3.06. The maximum Gasteiger partial charge on any atom is 0.123 e. The lowest BCUT2D eigenvalue weighted by atomic mass is 9.88. The molecular formula is C15H23FN2. The molecule has 0 bridgehead atoms. The van der Waals surface area contributed by atoms with Gasteiger partial charge in [0.05, 0.1) is 0 Å². The molecule has 1 aromatic rings. The van der Waals surface area contributed by atoms with Crippen molar-refractivity contribution in [3.05, 3.63) is 35.6 Å². The molecule has 2 N–H and O–H groups in total. The summed E-state index contributed by atoms with van der Waals surface area (Å²) in [5.74, 6) is 0.472. The number of nitrogens with two attached hydrogens (primary N) is 1. The second kappa shape index (κ2) is 5.81. The molecule has 3 atom stereocenters. The van der Waals surface area contributed by atoms with Gasteiger partial charge in [0.25, 0.3) is 0 Å². The zero-order valence-corrected chi connectivity index (χ0v) is 11.3. The van der Waals surface area contributed by atoms with Crippen molar-refractivity contribution in [3.63, 3.8) is 0 Å². The van der Waals surface area contributed by atoms with E-state index in [2.05, 4.69) is 18.7 Å². The summed E-state index contributed by atoms with van der Waals surface area (Å²) in [6.45, 7) is 6.26. The van der Waals surface area contributed by atoms with Crippen LogP contribution < -0.4 is 5.73 Å². The Bertz CT molecular complexity index is 377. The number of nitrogens with zero attached hydrogens (tertiary/aromatic N) is 1. The fraction of sp³-hybridized carbons (Fsp3) is 0.600. The minimum atomic E-state index is -0.173. The number of hydrogen-bond acceptors (Lipinski definition) is 2. The molecule has 3 heteroatoms. The van der Waals surface area contributed by atoms with Crippen LogP contribution in [0.15, 0.2) is 24.3 Å². The quantitative estimate of drug-likeness (QED) is 0.893. The van der Waals surface area contributed by atoms with E-state index in [4.69, 9.17) is 5.73 Å². The van der Waals surface area contributed by atoms with Crippen molar-refractivity contribution in [2.45, 2.75) is 38.8 Å². The lowest BCUT2D eigenvalue weighted by Crippen LogP contribution is -2.49. The van der Waals surface area contributed by atoms with E-state index in [9.17, 15) is 4.39 Å². The van der Waals surface area contributed by atoms with Gasteiger partial charge < -0.3 is 5.73 Å². The van der Waals surface area contributed by atoms with E-state index in [1.165, 1.54) is 30.5 Å². The molecule has 0 aliphatic carbocycles. The molecule has 0 radical (unpaired) electrons. The molecule has 1 fully saturated rings. The topological polar surface area (TPSA) is 29.3 Å². The van der Waals surface area contributed by atoms with Gasteiger partial charge in [-0.05, 0) is 49.9 Å². The summed E-state index contributed by atoms with van der Waals surface area (Å²) in [6, 6.07) is 7.59. The van der Waals surface area contributed by atoms with Crippen molar-refractivity contribution in [1.29, 1.82) is 0 Å². The van der Waals surface area contributed by atoms with E-state index in [0.717, 1.165) is 6.54 Å². The minimum absolute atomic E-state index is 0.173. The number of halogens is 1.